The molecule has 0 spiro atoms. The van der Waals surface area contributed by atoms with Crippen molar-refractivity contribution in [2.75, 3.05) is 17.2 Å². The maximum Gasteiger partial charge on any atom is 0.225 e. The fourth-order valence-corrected chi connectivity index (χ4v) is 2.20. The fraction of sp³-hybridized carbons (Fsp3) is 0.167. The summed E-state index contributed by atoms with van der Waals surface area (Å²) in [5.74, 6) is 1.19. The number of benzene rings is 1. The normalized spacial score (nSPS) is 11.8. The minimum atomic E-state index is -0.175. The van der Waals surface area contributed by atoms with E-state index < -0.39 is 0 Å². The predicted octanol–water partition coefficient (Wildman–Crippen LogP) is 2.78. The van der Waals surface area contributed by atoms with E-state index in [9.17, 15) is 10.2 Å². The Labute approximate surface area is 145 Å². The van der Waals surface area contributed by atoms with E-state index in [0.29, 0.717) is 17.5 Å². The number of aromatic nitrogens is 3. The van der Waals surface area contributed by atoms with Crippen molar-refractivity contribution in [3.63, 3.8) is 0 Å². The van der Waals surface area contributed by atoms with Gasteiger partial charge < -0.3 is 20.8 Å². The molecule has 0 aliphatic carbocycles. The Morgan fingerprint density at radius 1 is 1.12 bits per heavy atom. The van der Waals surface area contributed by atoms with Crippen molar-refractivity contribution in [3.8, 4) is 17.0 Å². The summed E-state index contributed by atoms with van der Waals surface area (Å²) in [5.41, 5.74) is 2.35. The van der Waals surface area contributed by atoms with Crippen LogP contribution in [-0.4, -0.2) is 37.8 Å². The number of nitrogens with zero attached hydrogens (tertiary/aromatic N) is 3. The van der Waals surface area contributed by atoms with Crippen LogP contribution in [0.2, 0.25) is 0 Å². The third kappa shape index (κ3) is 4.42. The van der Waals surface area contributed by atoms with E-state index in [4.69, 9.17) is 0 Å². The first kappa shape index (κ1) is 16.7. The lowest BCUT2D eigenvalue weighted by Gasteiger charge is -2.14. The van der Waals surface area contributed by atoms with Crippen LogP contribution in [0.1, 0.15) is 6.92 Å². The van der Waals surface area contributed by atoms with Gasteiger partial charge in [-0.2, -0.15) is 4.98 Å². The van der Waals surface area contributed by atoms with Crippen molar-refractivity contribution in [3.05, 3.63) is 54.9 Å². The summed E-state index contributed by atoms with van der Waals surface area (Å²) < 4.78 is 0. The van der Waals surface area contributed by atoms with Crippen LogP contribution in [0.15, 0.2) is 54.9 Å². The molecular weight excluding hydrogens is 318 g/mol. The first-order valence-electron chi connectivity index (χ1n) is 7.87. The zero-order valence-electron chi connectivity index (χ0n) is 13.7. The molecule has 7 nitrogen and oxygen atoms in total. The molecule has 0 bridgehead atoms. The van der Waals surface area contributed by atoms with Gasteiger partial charge in [-0.25, -0.2) is 4.98 Å². The molecule has 0 fully saturated rings. The number of aromatic hydroxyl groups is 1. The van der Waals surface area contributed by atoms with Gasteiger partial charge >= 0.3 is 0 Å². The fourth-order valence-electron chi connectivity index (χ4n) is 2.20. The molecule has 0 unspecified atom stereocenters. The molecule has 4 N–H and O–H groups in total. The van der Waals surface area contributed by atoms with Crippen molar-refractivity contribution in [2.45, 2.75) is 13.0 Å². The van der Waals surface area contributed by atoms with Crippen LogP contribution >= 0.6 is 0 Å². The third-order valence-corrected chi connectivity index (χ3v) is 3.47. The summed E-state index contributed by atoms with van der Waals surface area (Å²) in [5, 5.41) is 24.9. The van der Waals surface area contributed by atoms with E-state index in [1.54, 1.807) is 36.7 Å². The Morgan fingerprint density at radius 3 is 2.60 bits per heavy atom. The number of aliphatic hydroxyl groups excluding tert-OH is 1. The van der Waals surface area contributed by atoms with E-state index in [0.717, 1.165) is 11.3 Å². The lowest BCUT2D eigenvalue weighted by molar-refractivity contribution is 0.281. The number of hydrogen-bond donors (Lipinski definition) is 4. The molecule has 3 aromatic rings. The quantitative estimate of drug-likeness (QED) is 0.513. The van der Waals surface area contributed by atoms with Gasteiger partial charge in [-0.05, 0) is 43.3 Å². The highest BCUT2D eigenvalue weighted by Gasteiger charge is 2.09. The number of aliphatic hydroxyl groups is 1. The van der Waals surface area contributed by atoms with Gasteiger partial charge in [0.2, 0.25) is 5.95 Å². The van der Waals surface area contributed by atoms with Crippen LogP contribution in [0.5, 0.6) is 5.75 Å². The standard InChI is InChI=1S/C18H19N5O2/c1-12(11-24)20-18-22-16(13-3-2-8-19-10-13)9-17(23-18)21-14-4-6-15(25)7-5-14/h2-10,12,24-25H,11H2,1H3,(H2,20,21,22,23)/t12-/m1/s1. The molecule has 2 heterocycles. The monoisotopic (exact) mass is 337 g/mol. The van der Waals surface area contributed by atoms with Gasteiger partial charge in [0, 0.05) is 35.8 Å². The lowest BCUT2D eigenvalue weighted by atomic mass is 10.2. The number of rotatable bonds is 6. The van der Waals surface area contributed by atoms with Crippen LogP contribution in [-0.2, 0) is 0 Å². The first-order valence-corrected chi connectivity index (χ1v) is 7.87. The lowest BCUT2D eigenvalue weighted by Crippen LogP contribution is -2.21. The van der Waals surface area contributed by atoms with Crippen molar-refractivity contribution in [1.29, 1.82) is 0 Å². The molecule has 0 saturated carbocycles. The molecule has 0 aliphatic heterocycles. The summed E-state index contributed by atoms with van der Waals surface area (Å²) in [4.78, 5) is 13.1. The molecular formula is C18H19N5O2. The predicted molar refractivity (Wildman–Crippen MR) is 96.8 cm³/mol. The Balaban J connectivity index is 1.95. The highest BCUT2D eigenvalue weighted by Crippen LogP contribution is 2.24. The van der Waals surface area contributed by atoms with Crippen LogP contribution < -0.4 is 10.6 Å². The van der Waals surface area contributed by atoms with Gasteiger partial charge in [-0.1, -0.05) is 0 Å². The number of hydrogen-bond acceptors (Lipinski definition) is 7. The van der Waals surface area contributed by atoms with Gasteiger partial charge in [0.25, 0.3) is 0 Å². The van der Waals surface area contributed by atoms with E-state index in [2.05, 4.69) is 25.6 Å². The van der Waals surface area contributed by atoms with Crippen molar-refractivity contribution < 1.29 is 10.2 Å². The number of phenols is 1. The second kappa shape index (κ2) is 7.59. The molecule has 1 atom stereocenters. The molecule has 25 heavy (non-hydrogen) atoms. The minimum absolute atomic E-state index is 0.0266. The zero-order valence-corrected chi connectivity index (χ0v) is 13.7. The molecule has 0 amide bonds. The third-order valence-electron chi connectivity index (χ3n) is 3.47. The second-order valence-electron chi connectivity index (χ2n) is 5.60. The van der Waals surface area contributed by atoms with E-state index in [1.165, 1.54) is 0 Å². The van der Waals surface area contributed by atoms with Crippen LogP contribution in [0.4, 0.5) is 17.5 Å². The Morgan fingerprint density at radius 2 is 1.92 bits per heavy atom. The average Bonchev–Trinajstić information content (AvgIpc) is 2.64. The van der Waals surface area contributed by atoms with Crippen molar-refractivity contribution in [2.24, 2.45) is 0 Å². The maximum absolute atomic E-state index is 9.39. The Bertz CT molecular complexity index is 825. The number of phenolic OH excluding ortho intramolecular Hbond substituents is 1. The molecule has 0 radical (unpaired) electrons. The van der Waals surface area contributed by atoms with E-state index in [1.807, 2.05) is 25.1 Å². The topological polar surface area (TPSA) is 103 Å². The van der Waals surface area contributed by atoms with Gasteiger partial charge in [0.15, 0.2) is 0 Å². The van der Waals surface area contributed by atoms with Gasteiger partial charge in [-0.3, -0.25) is 4.98 Å². The largest absolute Gasteiger partial charge is 0.508 e. The molecule has 0 aliphatic rings. The van der Waals surface area contributed by atoms with Crippen LogP contribution in [0, 0.1) is 0 Å². The maximum atomic E-state index is 9.39. The van der Waals surface area contributed by atoms with Gasteiger partial charge in [-0.15, -0.1) is 0 Å². The van der Waals surface area contributed by atoms with Crippen LogP contribution in [0.25, 0.3) is 11.3 Å². The minimum Gasteiger partial charge on any atom is -0.508 e. The van der Waals surface area contributed by atoms with Gasteiger partial charge in [0.05, 0.1) is 12.3 Å². The molecule has 2 aromatic heterocycles. The van der Waals surface area contributed by atoms with Crippen molar-refractivity contribution in [1.82, 2.24) is 15.0 Å². The number of nitrogens with one attached hydrogen (secondary N) is 2. The number of pyridine rings is 1. The highest BCUT2D eigenvalue weighted by molar-refractivity contribution is 5.67. The van der Waals surface area contributed by atoms with Crippen LogP contribution in [0.3, 0.4) is 0 Å². The Kier molecular flexibility index (Phi) is 5.06. The molecule has 7 heteroatoms. The first-order chi connectivity index (χ1) is 12.1. The molecule has 1 aromatic carbocycles. The molecule has 128 valence electrons. The summed E-state index contributed by atoms with van der Waals surface area (Å²) in [7, 11) is 0. The second-order valence-corrected chi connectivity index (χ2v) is 5.60. The average molecular weight is 337 g/mol. The van der Waals surface area contributed by atoms with Crippen molar-refractivity contribution >= 4 is 17.5 Å². The smallest absolute Gasteiger partial charge is 0.225 e. The SMILES string of the molecule is C[C@H](CO)Nc1nc(Nc2ccc(O)cc2)cc(-c2cccnc2)n1. The molecule has 3 rings (SSSR count). The van der Waals surface area contributed by atoms with E-state index in [-0.39, 0.29) is 18.4 Å². The number of anilines is 3. The van der Waals surface area contributed by atoms with Gasteiger partial charge in [0.1, 0.15) is 11.6 Å². The highest BCUT2D eigenvalue weighted by atomic mass is 16.3. The summed E-state index contributed by atoms with van der Waals surface area (Å²) in [6.45, 7) is 1.81. The summed E-state index contributed by atoms with van der Waals surface area (Å²) >= 11 is 0. The zero-order chi connectivity index (χ0) is 17.6. The van der Waals surface area contributed by atoms with E-state index >= 15 is 0 Å². The Hall–Kier alpha value is -3.19. The summed E-state index contributed by atoms with van der Waals surface area (Å²) in [6, 6.07) is 12.1. The summed E-state index contributed by atoms with van der Waals surface area (Å²) in [6.07, 6.45) is 3.43. The molecule has 0 saturated heterocycles.